The molecule has 1 aromatic heterocycles. The van der Waals surface area contributed by atoms with E-state index in [1.807, 2.05) is 6.92 Å². The smallest absolute Gasteiger partial charge is 0.274 e. The normalized spacial score (nSPS) is 19.1. The number of aromatic nitrogens is 2. The van der Waals surface area contributed by atoms with Crippen molar-refractivity contribution in [3.05, 3.63) is 28.2 Å². The monoisotopic (exact) mass is 279 g/mol. The van der Waals surface area contributed by atoms with E-state index in [1.165, 1.54) is 16.8 Å². The average Bonchev–Trinajstić information content (AvgIpc) is 2.49. The lowest BCUT2D eigenvalue weighted by molar-refractivity contribution is 0.0494. The number of carbonyl (C=O) groups is 1. The zero-order valence-electron chi connectivity index (χ0n) is 11.8. The molecule has 0 radical (unpaired) electrons. The Balaban J connectivity index is 2.23. The molecule has 1 amide bonds. The maximum Gasteiger partial charge on any atom is 0.274 e. The number of aryl methyl sites for hydroxylation is 1. The number of hydrogen-bond donors (Lipinski definition) is 1. The largest absolute Gasteiger partial charge is 0.394 e. The molecule has 1 aliphatic heterocycles. The first kappa shape index (κ1) is 14.7. The van der Waals surface area contributed by atoms with Gasteiger partial charge in [0.15, 0.2) is 0 Å². The highest BCUT2D eigenvalue weighted by molar-refractivity contribution is 5.92. The van der Waals surface area contributed by atoms with E-state index in [0.29, 0.717) is 13.1 Å². The lowest BCUT2D eigenvalue weighted by Gasteiger charge is -2.34. The van der Waals surface area contributed by atoms with Crippen LogP contribution in [0, 0.1) is 0 Å². The number of piperidine rings is 1. The molecule has 2 heterocycles. The molecule has 1 unspecified atom stereocenters. The van der Waals surface area contributed by atoms with Crippen molar-refractivity contribution in [3.63, 3.8) is 0 Å². The van der Waals surface area contributed by atoms with Gasteiger partial charge in [-0.25, -0.2) is 4.68 Å². The molecule has 2 rings (SSSR count). The third-order valence-electron chi connectivity index (χ3n) is 3.62. The first-order valence-electron chi connectivity index (χ1n) is 7.17. The second kappa shape index (κ2) is 6.65. The molecule has 1 saturated heterocycles. The maximum absolute atomic E-state index is 12.5. The van der Waals surface area contributed by atoms with Gasteiger partial charge in [-0.15, -0.1) is 0 Å². The number of aliphatic hydroxyl groups excluding tert-OH is 1. The van der Waals surface area contributed by atoms with Gasteiger partial charge >= 0.3 is 0 Å². The number of amides is 1. The van der Waals surface area contributed by atoms with E-state index in [0.717, 1.165) is 25.7 Å². The topological polar surface area (TPSA) is 75.4 Å². The van der Waals surface area contributed by atoms with Crippen molar-refractivity contribution in [1.29, 1.82) is 0 Å². The summed E-state index contributed by atoms with van der Waals surface area (Å²) < 4.78 is 1.32. The van der Waals surface area contributed by atoms with Crippen LogP contribution in [0.4, 0.5) is 0 Å². The summed E-state index contributed by atoms with van der Waals surface area (Å²) in [5.74, 6) is -0.200. The second-order valence-corrected chi connectivity index (χ2v) is 5.11. The SMILES string of the molecule is CCCn1nc(C(=O)N2CCCCC2CO)ccc1=O. The van der Waals surface area contributed by atoms with Gasteiger partial charge in [0.05, 0.1) is 12.6 Å². The second-order valence-electron chi connectivity index (χ2n) is 5.11. The van der Waals surface area contributed by atoms with E-state index in [9.17, 15) is 14.7 Å². The molecule has 0 aromatic carbocycles. The fourth-order valence-electron chi connectivity index (χ4n) is 2.54. The Hall–Kier alpha value is -1.69. The van der Waals surface area contributed by atoms with E-state index in [1.54, 1.807) is 4.90 Å². The van der Waals surface area contributed by atoms with Gasteiger partial charge in [0.25, 0.3) is 11.5 Å². The predicted octanol–water partition coefficient (Wildman–Crippen LogP) is 0.640. The summed E-state index contributed by atoms with van der Waals surface area (Å²) in [6, 6.07) is 2.72. The third kappa shape index (κ3) is 3.07. The predicted molar refractivity (Wildman–Crippen MR) is 74.5 cm³/mol. The number of likely N-dealkylation sites (tertiary alicyclic amines) is 1. The minimum atomic E-state index is -0.200. The minimum Gasteiger partial charge on any atom is -0.394 e. The van der Waals surface area contributed by atoms with Gasteiger partial charge in [0, 0.05) is 19.2 Å². The quantitative estimate of drug-likeness (QED) is 0.877. The Morgan fingerprint density at radius 1 is 1.45 bits per heavy atom. The zero-order chi connectivity index (χ0) is 14.5. The van der Waals surface area contributed by atoms with Crippen molar-refractivity contribution in [2.24, 2.45) is 0 Å². The fourth-order valence-corrected chi connectivity index (χ4v) is 2.54. The minimum absolute atomic E-state index is 0.0274. The summed E-state index contributed by atoms with van der Waals surface area (Å²) in [6.45, 7) is 3.07. The van der Waals surface area contributed by atoms with Crippen LogP contribution in [0.5, 0.6) is 0 Å². The third-order valence-corrected chi connectivity index (χ3v) is 3.62. The number of hydrogen-bond acceptors (Lipinski definition) is 4. The molecule has 110 valence electrons. The molecule has 1 atom stereocenters. The first-order valence-corrected chi connectivity index (χ1v) is 7.17. The van der Waals surface area contributed by atoms with Gasteiger partial charge in [0.1, 0.15) is 5.69 Å². The summed E-state index contributed by atoms with van der Waals surface area (Å²) in [5, 5.41) is 13.5. The molecule has 1 aromatic rings. The van der Waals surface area contributed by atoms with Crippen LogP contribution in [0.15, 0.2) is 16.9 Å². The summed E-state index contributed by atoms with van der Waals surface area (Å²) in [5.41, 5.74) is 0.0825. The number of nitrogens with zero attached hydrogens (tertiary/aromatic N) is 3. The lowest BCUT2D eigenvalue weighted by atomic mass is 10.0. The van der Waals surface area contributed by atoms with Crippen LogP contribution in [0.3, 0.4) is 0 Å². The fraction of sp³-hybridized carbons (Fsp3) is 0.643. The van der Waals surface area contributed by atoms with Crippen LogP contribution in [-0.4, -0.2) is 44.9 Å². The van der Waals surface area contributed by atoms with Gasteiger partial charge in [0.2, 0.25) is 0 Å². The number of rotatable bonds is 4. The molecule has 1 N–H and O–H groups in total. The van der Waals surface area contributed by atoms with E-state index < -0.39 is 0 Å². The van der Waals surface area contributed by atoms with Crippen molar-refractivity contribution in [3.8, 4) is 0 Å². The zero-order valence-corrected chi connectivity index (χ0v) is 11.8. The molecule has 1 aliphatic rings. The molecule has 6 heteroatoms. The Labute approximate surface area is 118 Å². The first-order chi connectivity index (χ1) is 9.67. The molecule has 0 bridgehead atoms. The summed E-state index contributed by atoms with van der Waals surface area (Å²) in [7, 11) is 0. The Bertz CT molecular complexity index is 527. The van der Waals surface area contributed by atoms with Gasteiger partial charge in [-0.05, 0) is 31.7 Å². The van der Waals surface area contributed by atoms with Crippen molar-refractivity contribution in [2.75, 3.05) is 13.2 Å². The molecule has 1 fully saturated rings. The highest BCUT2D eigenvalue weighted by Crippen LogP contribution is 2.18. The van der Waals surface area contributed by atoms with Crippen molar-refractivity contribution < 1.29 is 9.90 Å². The van der Waals surface area contributed by atoms with Crippen molar-refractivity contribution >= 4 is 5.91 Å². The Morgan fingerprint density at radius 3 is 2.95 bits per heavy atom. The number of aliphatic hydroxyl groups is 1. The Morgan fingerprint density at radius 2 is 2.25 bits per heavy atom. The highest BCUT2D eigenvalue weighted by Gasteiger charge is 2.27. The number of carbonyl (C=O) groups excluding carboxylic acids is 1. The van der Waals surface area contributed by atoms with Crippen LogP contribution in [0.25, 0.3) is 0 Å². The molecule has 20 heavy (non-hydrogen) atoms. The Kier molecular flexibility index (Phi) is 4.89. The van der Waals surface area contributed by atoms with Crippen molar-refractivity contribution in [2.45, 2.75) is 45.2 Å². The highest BCUT2D eigenvalue weighted by atomic mass is 16.3. The van der Waals surface area contributed by atoms with Gasteiger partial charge in [-0.3, -0.25) is 9.59 Å². The van der Waals surface area contributed by atoms with Crippen LogP contribution >= 0.6 is 0 Å². The molecule has 0 saturated carbocycles. The van der Waals surface area contributed by atoms with Crippen LogP contribution < -0.4 is 5.56 Å². The van der Waals surface area contributed by atoms with E-state index >= 15 is 0 Å². The molecular formula is C14H21N3O3. The van der Waals surface area contributed by atoms with Crippen LogP contribution in [0.1, 0.15) is 43.1 Å². The maximum atomic E-state index is 12.5. The summed E-state index contributed by atoms with van der Waals surface area (Å²) in [6.07, 6.45) is 3.57. The van der Waals surface area contributed by atoms with E-state index in [2.05, 4.69) is 5.10 Å². The van der Waals surface area contributed by atoms with Crippen LogP contribution in [0.2, 0.25) is 0 Å². The van der Waals surface area contributed by atoms with Gasteiger partial charge in [-0.2, -0.15) is 5.10 Å². The van der Waals surface area contributed by atoms with E-state index in [4.69, 9.17) is 0 Å². The molecule has 6 nitrogen and oxygen atoms in total. The molecular weight excluding hydrogens is 258 g/mol. The summed E-state index contributed by atoms with van der Waals surface area (Å²) >= 11 is 0. The van der Waals surface area contributed by atoms with E-state index in [-0.39, 0.29) is 29.8 Å². The van der Waals surface area contributed by atoms with Gasteiger partial charge in [-0.1, -0.05) is 6.92 Å². The van der Waals surface area contributed by atoms with Crippen LogP contribution in [-0.2, 0) is 6.54 Å². The van der Waals surface area contributed by atoms with Crippen molar-refractivity contribution in [1.82, 2.24) is 14.7 Å². The standard InChI is InChI=1S/C14H21N3O3/c1-2-8-17-13(19)7-6-12(15-17)14(20)16-9-4-3-5-11(16)10-18/h6-7,11,18H,2-5,8-10H2,1H3. The molecule has 0 spiro atoms. The molecule has 0 aliphatic carbocycles. The average molecular weight is 279 g/mol. The lowest BCUT2D eigenvalue weighted by Crippen LogP contribution is -2.46. The van der Waals surface area contributed by atoms with Gasteiger partial charge < -0.3 is 10.0 Å². The summed E-state index contributed by atoms with van der Waals surface area (Å²) in [4.78, 5) is 25.8.